The lowest BCUT2D eigenvalue weighted by molar-refractivity contribution is 0.444. The summed E-state index contributed by atoms with van der Waals surface area (Å²) in [5.74, 6) is 0.469. The predicted molar refractivity (Wildman–Crippen MR) is 429 cm³/mol. The van der Waals surface area contributed by atoms with Crippen LogP contribution in [0.15, 0.2) is 322 Å². The number of anilines is 4. The summed E-state index contributed by atoms with van der Waals surface area (Å²) in [5.41, 5.74) is 23.9. The van der Waals surface area contributed by atoms with Gasteiger partial charge < -0.3 is 18.6 Å². The number of para-hydroxylation sites is 2. The topological polar surface area (TPSA) is 57.5 Å². The minimum Gasteiger partial charge on any atom is -0.455 e. The van der Waals surface area contributed by atoms with E-state index in [9.17, 15) is 0 Å². The summed E-state index contributed by atoms with van der Waals surface area (Å²) in [7, 11) is 0. The predicted octanol–water partition coefficient (Wildman–Crippen LogP) is 26.5. The average molecular weight is 1310 g/mol. The molecule has 0 spiro atoms. The van der Waals surface area contributed by atoms with E-state index in [4.69, 9.17) is 18.8 Å². The molecule has 0 unspecified atom stereocenters. The zero-order valence-corrected chi connectivity index (χ0v) is 56.9. The van der Waals surface area contributed by atoms with E-state index in [0.717, 1.165) is 138 Å². The van der Waals surface area contributed by atoms with Gasteiger partial charge in [0.15, 0.2) is 0 Å². The second-order valence-corrected chi connectivity index (χ2v) is 28.4. The van der Waals surface area contributed by atoms with E-state index in [-0.39, 0.29) is 5.41 Å². The Balaban J connectivity index is 0.983. The molecule has 0 saturated heterocycles. The van der Waals surface area contributed by atoms with Crippen LogP contribution >= 0.6 is 0 Å². The maximum atomic E-state index is 8.05. The second-order valence-electron chi connectivity index (χ2n) is 28.4. The van der Waals surface area contributed by atoms with Gasteiger partial charge in [0.05, 0.1) is 33.8 Å². The minimum atomic E-state index is -0.222. The van der Waals surface area contributed by atoms with Crippen LogP contribution in [-0.4, -0.2) is 18.6 Å². The summed E-state index contributed by atoms with van der Waals surface area (Å²) in [4.78, 5) is 15.6. The van der Waals surface area contributed by atoms with E-state index in [1.807, 2.05) is 6.21 Å². The third kappa shape index (κ3) is 9.53. The number of allylic oxidation sites excluding steroid dienone is 1. The van der Waals surface area contributed by atoms with Gasteiger partial charge in [0.2, 0.25) is 0 Å². The summed E-state index contributed by atoms with van der Waals surface area (Å²) in [6, 6.07) is 107. The Morgan fingerprint density at radius 1 is 0.441 bits per heavy atom. The van der Waals surface area contributed by atoms with Gasteiger partial charge in [0.1, 0.15) is 29.0 Å². The molecule has 0 atom stereocenters. The summed E-state index contributed by atoms with van der Waals surface area (Å²) >= 11 is 0. The van der Waals surface area contributed by atoms with E-state index >= 15 is 0 Å². The average Bonchev–Trinajstić information content (AvgIpc) is 1.45. The summed E-state index contributed by atoms with van der Waals surface area (Å²) in [5, 5.41) is 12.7. The van der Waals surface area contributed by atoms with E-state index in [1.54, 1.807) is 0 Å². The van der Waals surface area contributed by atoms with Crippen LogP contribution in [0.25, 0.3) is 131 Å². The first-order valence-electron chi connectivity index (χ1n) is 36.0. The SMILES string of the molecule is CC1(C)c2ccccc2-c2cc(N(c3cc4cccc(-c5ccccc5)c4c4ccccc34)c3cc4c(N5C=CC=NC5)cc5c(/C(=N\c6ccccc6)c6ccccc6)cc6oc7c(-c8ccccc8C8CCCCC8)cccc7c6c5c4c4oc5cc(-c6ccccc6)ccc5c34)ccc21. The van der Waals surface area contributed by atoms with Gasteiger partial charge in [-0.25, -0.2) is 4.99 Å². The molecule has 2 aromatic heterocycles. The fourth-order valence-electron chi connectivity index (χ4n) is 17.6. The fraction of sp³-hybridized carbons (Fsp3) is 0.104. The molecule has 0 N–H and O–H groups in total. The standard InChI is InChI=1S/C96H70N4O2/c1-96(2)81-46-23-22-40-71(81)77-55-67(48-50-82(77)96)100(84-53-65-35-24-43-69(62-31-12-5-13-32-62)88(65)73-42-21-20-41-72(73)84)85-57-80-83(99-52-26-51-97-59-99)56-78-79(93(63-33-14-6-15-34-63)98-66-36-16-7-17-37-66)58-87-90(76-45-25-44-74(94(76)102-87)70-39-19-18-38-68(70)61-29-10-4-11-30-61)91(78)92(80)95-89(85)75-49-47-64(54-86(75)101-95)60-27-8-3-9-28-60/h3,5-9,12-28,31-58,61H,4,10-11,29-30,59H2,1-2H3/b98-93-. The van der Waals surface area contributed by atoms with Gasteiger partial charge in [-0.3, -0.25) is 4.99 Å². The van der Waals surface area contributed by atoms with Gasteiger partial charge in [0, 0.05) is 77.9 Å². The molecule has 15 aromatic carbocycles. The van der Waals surface area contributed by atoms with Gasteiger partial charge in [-0.15, -0.1) is 0 Å². The highest BCUT2D eigenvalue weighted by Crippen LogP contribution is 2.57. The Morgan fingerprint density at radius 3 is 1.92 bits per heavy atom. The van der Waals surface area contributed by atoms with Crippen molar-refractivity contribution >= 4 is 127 Å². The molecule has 0 amide bonds. The van der Waals surface area contributed by atoms with Gasteiger partial charge in [0.25, 0.3) is 0 Å². The van der Waals surface area contributed by atoms with E-state index in [0.29, 0.717) is 12.6 Å². The number of fused-ring (bicyclic) bond motifs is 17. The van der Waals surface area contributed by atoms with E-state index < -0.39 is 0 Å². The zero-order chi connectivity index (χ0) is 67.6. The van der Waals surface area contributed by atoms with Gasteiger partial charge in [-0.2, -0.15) is 0 Å². The van der Waals surface area contributed by atoms with Crippen molar-refractivity contribution in [1.29, 1.82) is 0 Å². The molecule has 3 heterocycles. The first kappa shape index (κ1) is 59.7. The second kappa shape index (κ2) is 23.9. The lowest BCUT2D eigenvalue weighted by atomic mass is 9.80. The fourth-order valence-corrected chi connectivity index (χ4v) is 17.6. The number of furan rings is 2. The van der Waals surface area contributed by atoms with E-state index in [2.05, 4.69) is 327 Å². The highest BCUT2D eigenvalue weighted by atomic mass is 16.3. The zero-order valence-electron chi connectivity index (χ0n) is 56.9. The highest BCUT2D eigenvalue weighted by molar-refractivity contribution is 6.40. The summed E-state index contributed by atoms with van der Waals surface area (Å²) in [6.45, 7) is 5.14. The Bertz CT molecular complexity index is 6350. The first-order chi connectivity index (χ1) is 50.4. The molecule has 20 rings (SSSR count). The first-order valence-corrected chi connectivity index (χ1v) is 36.0. The molecule has 6 nitrogen and oxygen atoms in total. The van der Waals surface area contributed by atoms with Crippen molar-refractivity contribution in [3.63, 3.8) is 0 Å². The summed E-state index contributed by atoms with van der Waals surface area (Å²) < 4.78 is 15.8. The van der Waals surface area contributed by atoms with Crippen LogP contribution in [0.5, 0.6) is 0 Å². The van der Waals surface area contributed by atoms with Gasteiger partial charge in [-0.1, -0.05) is 264 Å². The van der Waals surface area contributed by atoms with Crippen LogP contribution in [0, 0.1) is 0 Å². The van der Waals surface area contributed by atoms with Crippen molar-refractivity contribution in [2.24, 2.45) is 9.98 Å². The molecular formula is C96H70N4O2. The molecule has 2 aliphatic carbocycles. The Labute approximate surface area is 592 Å². The Kier molecular flexibility index (Phi) is 14.0. The maximum Gasteiger partial charge on any atom is 0.146 e. The summed E-state index contributed by atoms with van der Waals surface area (Å²) in [6.07, 6.45) is 12.3. The molecule has 486 valence electrons. The van der Waals surface area contributed by atoms with Crippen molar-refractivity contribution < 1.29 is 8.83 Å². The lowest BCUT2D eigenvalue weighted by Gasteiger charge is -2.31. The number of benzene rings is 15. The number of hydrogen-bond acceptors (Lipinski definition) is 6. The number of rotatable bonds is 11. The van der Waals surface area contributed by atoms with Crippen molar-refractivity contribution in [2.75, 3.05) is 16.5 Å². The molecule has 0 radical (unpaired) electrons. The van der Waals surface area contributed by atoms with E-state index in [1.165, 1.54) is 87.4 Å². The van der Waals surface area contributed by atoms with Crippen LogP contribution < -0.4 is 9.80 Å². The molecule has 17 aromatic rings. The smallest absolute Gasteiger partial charge is 0.146 e. The third-order valence-corrected chi connectivity index (χ3v) is 22.3. The Hall–Kier alpha value is -12.4. The van der Waals surface area contributed by atoms with Crippen LogP contribution in [0.4, 0.5) is 28.4 Å². The molecular weight excluding hydrogens is 1240 g/mol. The lowest BCUT2D eigenvalue weighted by Crippen LogP contribution is -2.19. The number of aliphatic imine (C=N–C) groups is 2. The van der Waals surface area contributed by atoms with Crippen LogP contribution in [0.3, 0.4) is 0 Å². The van der Waals surface area contributed by atoms with Crippen LogP contribution in [0.2, 0.25) is 0 Å². The molecule has 3 aliphatic rings. The monoisotopic (exact) mass is 1310 g/mol. The molecule has 1 aliphatic heterocycles. The highest BCUT2D eigenvalue weighted by Gasteiger charge is 2.37. The molecule has 1 saturated carbocycles. The van der Waals surface area contributed by atoms with Gasteiger partial charge >= 0.3 is 0 Å². The van der Waals surface area contributed by atoms with Gasteiger partial charge in [-0.05, 0) is 163 Å². The normalized spacial score (nSPS) is 14.5. The molecule has 6 heteroatoms. The minimum absolute atomic E-state index is 0.222. The number of nitrogens with zero attached hydrogens (tertiary/aromatic N) is 4. The quantitative estimate of drug-likeness (QED) is 0.0956. The Morgan fingerprint density at radius 2 is 1.12 bits per heavy atom. The van der Waals surface area contributed by atoms with Crippen LogP contribution in [0.1, 0.15) is 79.7 Å². The number of hydrogen-bond donors (Lipinski definition) is 0. The van der Waals surface area contributed by atoms with Crippen molar-refractivity contribution in [2.45, 2.75) is 57.3 Å². The third-order valence-electron chi connectivity index (χ3n) is 22.3. The molecule has 0 bridgehead atoms. The van der Waals surface area contributed by atoms with Crippen molar-refractivity contribution in [1.82, 2.24) is 0 Å². The maximum absolute atomic E-state index is 8.05. The van der Waals surface area contributed by atoms with Crippen molar-refractivity contribution in [3.8, 4) is 44.5 Å². The molecule has 1 fully saturated rings. The molecule has 102 heavy (non-hydrogen) atoms. The van der Waals surface area contributed by atoms with Crippen LogP contribution in [-0.2, 0) is 5.41 Å². The van der Waals surface area contributed by atoms with Crippen molar-refractivity contribution in [3.05, 3.63) is 331 Å². The largest absolute Gasteiger partial charge is 0.455 e.